The summed E-state index contributed by atoms with van der Waals surface area (Å²) >= 11 is 1.82. The monoisotopic (exact) mass is 635 g/mol. The molecule has 3 aromatic heterocycles. The molecule has 2 nitrogen and oxygen atoms in total. The molecular weight excluding hydrogens is 613 g/mol. The Kier molecular flexibility index (Phi) is 7.44. The number of hydrogen-bond acceptors (Lipinski definition) is 2. The van der Waals surface area contributed by atoms with Crippen LogP contribution in [-0.2, 0) is 20.1 Å². The van der Waals surface area contributed by atoms with Crippen LogP contribution in [0.3, 0.4) is 0 Å². The van der Waals surface area contributed by atoms with Crippen molar-refractivity contribution in [2.75, 3.05) is 0 Å². The van der Waals surface area contributed by atoms with E-state index in [0.717, 1.165) is 22.5 Å². The van der Waals surface area contributed by atoms with E-state index >= 15 is 0 Å². The average molecular weight is 635 g/mol. The topological polar surface area (TPSA) is 16.8 Å². The zero-order valence-corrected chi connectivity index (χ0v) is 21.7. The number of pyridine rings is 2. The second kappa shape index (κ2) is 10.7. The maximum Gasteiger partial charge on any atom is 3.00 e. The fourth-order valence-electron chi connectivity index (χ4n) is 3.89. The molecule has 0 spiro atoms. The summed E-state index contributed by atoms with van der Waals surface area (Å²) in [5, 5.41) is 2.60. The third kappa shape index (κ3) is 4.76. The molecule has 0 N–H and O–H groups in total. The summed E-state index contributed by atoms with van der Waals surface area (Å²) in [6, 6.07) is 35.8. The standard InChI is InChI=1S/C19H14NS.C11H8N.Ir/c1-13-10-11-15-14-7-3-4-9-17(14)21-19(15)18(13)16-8-5-6-12-20(16)2;1-2-6-10(7-3-1)11-8-4-5-9-12-11;/h3-12H,1-2H2;1-6,8-9H;/q2*-1;+3. The minimum absolute atomic E-state index is 0. The second-order valence-corrected chi connectivity index (χ2v) is 8.67. The molecule has 4 heteroatoms. The Morgan fingerprint density at radius 2 is 1.59 bits per heavy atom. The van der Waals surface area contributed by atoms with E-state index in [-0.39, 0.29) is 20.1 Å². The van der Waals surface area contributed by atoms with Gasteiger partial charge in [-0.25, -0.2) is 0 Å². The van der Waals surface area contributed by atoms with Crippen molar-refractivity contribution in [1.82, 2.24) is 4.98 Å². The Morgan fingerprint density at radius 1 is 0.794 bits per heavy atom. The average Bonchev–Trinajstić information content (AvgIpc) is 3.25. The fraction of sp³-hybridized carbons (Fsp3) is 0. The molecule has 0 radical (unpaired) electrons. The zero-order chi connectivity index (χ0) is 22.6. The Morgan fingerprint density at radius 3 is 2.35 bits per heavy atom. The zero-order valence-electron chi connectivity index (χ0n) is 18.4. The smallest absolute Gasteiger partial charge is 0.343 e. The van der Waals surface area contributed by atoms with Gasteiger partial charge in [0.05, 0.1) is 11.9 Å². The van der Waals surface area contributed by atoms with Gasteiger partial charge in [-0.2, -0.15) is 18.6 Å². The van der Waals surface area contributed by atoms with E-state index in [0.29, 0.717) is 0 Å². The molecular formula is C30H22IrN2S+. The summed E-state index contributed by atoms with van der Waals surface area (Å²) < 4.78 is 4.51. The van der Waals surface area contributed by atoms with Gasteiger partial charge < -0.3 is 9.55 Å². The van der Waals surface area contributed by atoms with Crippen LogP contribution in [-0.4, -0.2) is 4.98 Å². The Hall–Kier alpha value is -3.43. The van der Waals surface area contributed by atoms with Crippen molar-refractivity contribution in [3.05, 3.63) is 135 Å². The van der Waals surface area contributed by atoms with Crippen LogP contribution in [0.15, 0.2) is 109 Å². The van der Waals surface area contributed by atoms with E-state index < -0.39 is 0 Å². The number of aromatic nitrogens is 2. The predicted molar refractivity (Wildman–Crippen MR) is 139 cm³/mol. The Balaban J connectivity index is 0.000000180. The predicted octanol–water partition coefficient (Wildman–Crippen LogP) is 7.38. The molecule has 6 aromatic rings. The summed E-state index contributed by atoms with van der Waals surface area (Å²) in [5.74, 6) is 0. The first-order valence-corrected chi connectivity index (χ1v) is 11.5. The van der Waals surface area contributed by atoms with Gasteiger partial charge in [-0.15, -0.1) is 53.3 Å². The third-order valence-corrected chi connectivity index (χ3v) is 6.68. The molecule has 0 saturated heterocycles. The fourth-order valence-corrected chi connectivity index (χ4v) is 5.17. The van der Waals surface area contributed by atoms with Crippen LogP contribution in [0.25, 0.3) is 42.7 Å². The summed E-state index contributed by atoms with van der Waals surface area (Å²) in [7, 11) is 4.09. The minimum Gasteiger partial charge on any atom is -0.343 e. The number of hydrogen-bond donors (Lipinski definition) is 0. The van der Waals surface area contributed by atoms with Crippen molar-refractivity contribution < 1.29 is 24.7 Å². The van der Waals surface area contributed by atoms with Crippen LogP contribution in [0.5, 0.6) is 0 Å². The maximum absolute atomic E-state index is 4.22. The van der Waals surface area contributed by atoms with Gasteiger partial charge in [-0.05, 0) is 33.3 Å². The van der Waals surface area contributed by atoms with Crippen molar-refractivity contribution in [3.8, 4) is 22.5 Å². The van der Waals surface area contributed by atoms with E-state index in [2.05, 4.69) is 67.5 Å². The summed E-state index contributed by atoms with van der Waals surface area (Å²) in [4.78, 5) is 4.22. The largest absolute Gasteiger partial charge is 3.00 e. The van der Waals surface area contributed by atoms with Gasteiger partial charge in [0.2, 0.25) is 0 Å². The molecule has 0 bridgehead atoms. The number of thiophene rings is 1. The molecule has 3 heterocycles. The van der Waals surface area contributed by atoms with Gasteiger partial charge in [0.15, 0.2) is 0 Å². The molecule has 166 valence electrons. The van der Waals surface area contributed by atoms with Crippen molar-refractivity contribution in [1.29, 1.82) is 0 Å². The first-order chi connectivity index (χ1) is 16.2. The van der Waals surface area contributed by atoms with Crippen LogP contribution in [0.1, 0.15) is 5.56 Å². The van der Waals surface area contributed by atoms with Crippen molar-refractivity contribution in [3.63, 3.8) is 0 Å². The molecule has 0 aliphatic rings. The molecule has 34 heavy (non-hydrogen) atoms. The molecule has 0 unspecified atom stereocenters. The SMILES string of the molecule is [CH2-]c1ccc2c(sc3ccccc32)c1-c1cccc[n+]1[CH2-].[Ir+3].[c-]1ccccc1-c1ccccn1. The van der Waals surface area contributed by atoms with Gasteiger partial charge in [-0.3, -0.25) is 0 Å². The van der Waals surface area contributed by atoms with Crippen molar-refractivity contribution >= 4 is 31.5 Å². The van der Waals surface area contributed by atoms with Crippen molar-refractivity contribution in [2.24, 2.45) is 0 Å². The molecule has 3 aromatic carbocycles. The van der Waals surface area contributed by atoms with E-state index in [9.17, 15) is 0 Å². The Labute approximate surface area is 217 Å². The molecule has 0 fully saturated rings. The number of fused-ring (bicyclic) bond motifs is 3. The number of nitrogens with zero attached hydrogens (tertiary/aromatic N) is 2. The third-order valence-electron chi connectivity index (χ3n) is 5.48. The van der Waals surface area contributed by atoms with Gasteiger partial charge in [0.25, 0.3) is 0 Å². The summed E-state index contributed by atoms with van der Waals surface area (Å²) in [6.45, 7) is 4.22. The van der Waals surface area contributed by atoms with Crippen LogP contribution in [0, 0.1) is 20.0 Å². The second-order valence-electron chi connectivity index (χ2n) is 7.62. The molecule has 0 aliphatic heterocycles. The normalized spacial score (nSPS) is 10.4. The van der Waals surface area contributed by atoms with E-state index in [1.807, 2.05) is 76.7 Å². The first-order valence-electron chi connectivity index (χ1n) is 10.7. The van der Waals surface area contributed by atoms with Crippen LogP contribution in [0.4, 0.5) is 0 Å². The van der Waals surface area contributed by atoms with Gasteiger partial charge in [0, 0.05) is 17.9 Å². The van der Waals surface area contributed by atoms with Gasteiger partial charge in [-0.1, -0.05) is 54.1 Å². The molecule has 0 saturated carbocycles. The first kappa shape index (κ1) is 23.7. The van der Waals surface area contributed by atoms with Gasteiger partial charge >= 0.3 is 20.1 Å². The van der Waals surface area contributed by atoms with Crippen LogP contribution in [0.2, 0.25) is 0 Å². The summed E-state index contributed by atoms with van der Waals surface area (Å²) in [5.41, 5.74) is 5.33. The summed E-state index contributed by atoms with van der Waals surface area (Å²) in [6.07, 6.45) is 3.76. The van der Waals surface area contributed by atoms with Crippen LogP contribution < -0.4 is 4.57 Å². The van der Waals surface area contributed by atoms with E-state index in [1.54, 1.807) is 6.20 Å². The van der Waals surface area contributed by atoms with E-state index in [4.69, 9.17) is 0 Å². The van der Waals surface area contributed by atoms with Crippen molar-refractivity contribution in [2.45, 2.75) is 0 Å². The number of benzene rings is 3. The van der Waals surface area contributed by atoms with Gasteiger partial charge in [0.1, 0.15) is 0 Å². The molecule has 6 rings (SSSR count). The molecule has 0 atom stereocenters. The maximum atomic E-state index is 4.22. The molecule has 0 aliphatic carbocycles. The quantitative estimate of drug-likeness (QED) is 0.144. The Bertz CT molecular complexity index is 1490. The number of rotatable bonds is 2. The molecule has 0 amide bonds. The van der Waals surface area contributed by atoms with Crippen LogP contribution >= 0.6 is 11.3 Å². The van der Waals surface area contributed by atoms with E-state index in [1.165, 1.54) is 25.7 Å². The minimum atomic E-state index is 0.